The lowest BCUT2D eigenvalue weighted by atomic mass is 10.1. The number of rotatable bonds is 2. The van der Waals surface area contributed by atoms with Gasteiger partial charge in [0.25, 0.3) is 0 Å². The zero-order valence-corrected chi connectivity index (χ0v) is 8.39. The quantitative estimate of drug-likeness (QED) is 0.789. The van der Waals surface area contributed by atoms with E-state index in [4.69, 9.17) is 10.5 Å². The maximum atomic E-state index is 5.77. The fourth-order valence-electron chi connectivity index (χ4n) is 0.978. The third kappa shape index (κ3) is 1.46. The Morgan fingerprint density at radius 2 is 2.25 bits per heavy atom. The lowest BCUT2D eigenvalue weighted by Gasteiger charge is -2.08. The highest BCUT2D eigenvalue weighted by atomic mass is 79.9. The van der Waals surface area contributed by atoms with E-state index in [1.54, 1.807) is 13.2 Å². The number of nitrogen functional groups attached to an aromatic ring is 1. The van der Waals surface area contributed by atoms with Crippen molar-refractivity contribution in [3.05, 3.63) is 28.7 Å². The molecular weight excluding hydrogens is 218 g/mol. The molecule has 2 N–H and O–H groups in total. The molecule has 0 amide bonds. The van der Waals surface area contributed by atoms with Gasteiger partial charge in [-0.2, -0.15) is 0 Å². The highest BCUT2D eigenvalue weighted by molar-refractivity contribution is 9.10. The number of nitrogens with two attached hydrogens (primary N) is 1. The van der Waals surface area contributed by atoms with Crippen LogP contribution in [0, 0.1) is 0 Å². The van der Waals surface area contributed by atoms with Gasteiger partial charge in [0.2, 0.25) is 0 Å². The largest absolute Gasteiger partial charge is 0.496 e. The van der Waals surface area contributed by atoms with Crippen molar-refractivity contribution in [3.63, 3.8) is 0 Å². The number of anilines is 1. The van der Waals surface area contributed by atoms with E-state index in [2.05, 4.69) is 22.5 Å². The third-order valence-corrected chi connectivity index (χ3v) is 2.31. The van der Waals surface area contributed by atoms with Crippen molar-refractivity contribution in [2.24, 2.45) is 0 Å². The summed E-state index contributed by atoms with van der Waals surface area (Å²) < 4.78 is 5.96. The predicted molar refractivity (Wildman–Crippen MR) is 55.2 cm³/mol. The number of ether oxygens (including phenoxy) is 1. The number of benzene rings is 1. The van der Waals surface area contributed by atoms with Gasteiger partial charge in [0.15, 0.2) is 0 Å². The highest BCUT2D eigenvalue weighted by Gasteiger charge is 2.05. The van der Waals surface area contributed by atoms with Gasteiger partial charge in [-0.15, -0.1) is 0 Å². The Bertz CT molecular complexity index is 310. The summed E-state index contributed by atoms with van der Waals surface area (Å²) in [7, 11) is 1.61. The van der Waals surface area contributed by atoms with Crippen LogP contribution < -0.4 is 10.5 Å². The Labute approximate surface area is 80.2 Å². The Morgan fingerprint density at radius 1 is 1.58 bits per heavy atom. The van der Waals surface area contributed by atoms with Gasteiger partial charge in [0.05, 0.1) is 12.8 Å². The summed E-state index contributed by atoms with van der Waals surface area (Å²) in [5.41, 5.74) is 7.25. The molecule has 0 spiro atoms. The molecule has 12 heavy (non-hydrogen) atoms. The molecule has 0 heterocycles. The van der Waals surface area contributed by atoms with E-state index in [1.807, 2.05) is 12.1 Å². The van der Waals surface area contributed by atoms with Crippen LogP contribution in [-0.4, -0.2) is 7.11 Å². The SMILES string of the molecule is C=Cc1c(OC)ccc(Br)c1N. The van der Waals surface area contributed by atoms with Crippen molar-refractivity contribution in [2.75, 3.05) is 12.8 Å². The molecule has 0 aliphatic heterocycles. The molecule has 0 fully saturated rings. The molecule has 0 unspecified atom stereocenters. The van der Waals surface area contributed by atoms with Crippen LogP contribution in [0.3, 0.4) is 0 Å². The average Bonchev–Trinajstić information content (AvgIpc) is 2.09. The van der Waals surface area contributed by atoms with E-state index in [0.717, 1.165) is 15.8 Å². The zero-order valence-electron chi connectivity index (χ0n) is 6.80. The first-order valence-electron chi connectivity index (χ1n) is 3.45. The molecule has 2 nitrogen and oxygen atoms in total. The van der Waals surface area contributed by atoms with E-state index in [9.17, 15) is 0 Å². The molecule has 0 saturated carbocycles. The summed E-state index contributed by atoms with van der Waals surface area (Å²) in [4.78, 5) is 0. The minimum absolute atomic E-state index is 0.657. The molecule has 0 aromatic heterocycles. The summed E-state index contributed by atoms with van der Waals surface area (Å²) >= 11 is 3.32. The van der Waals surface area contributed by atoms with Crippen molar-refractivity contribution in [1.29, 1.82) is 0 Å². The molecule has 64 valence electrons. The second-order valence-corrected chi connectivity index (χ2v) is 3.14. The average molecular weight is 228 g/mol. The van der Waals surface area contributed by atoms with E-state index in [-0.39, 0.29) is 0 Å². The Kier molecular flexibility index (Phi) is 2.76. The van der Waals surface area contributed by atoms with Gasteiger partial charge in [-0.05, 0) is 28.1 Å². The van der Waals surface area contributed by atoms with Gasteiger partial charge in [0, 0.05) is 10.0 Å². The Balaban J connectivity index is 3.35. The van der Waals surface area contributed by atoms with Crippen LogP contribution in [0.15, 0.2) is 23.2 Å². The topological polar surface area (TPSA) is 35.2 Å². The summed E-state index contributed by atoms with van der Waals surface area (Å²) in [6.07, 6.45) is 1.68. The second-order valence-electron chi connectivity index (χ2n) is 2.28. The maximum absolute atomic E-state index is 5.77. The molecule has 1 aromatic rings. The Hall–Kier alpha value is -0.960. The van der Waals surface area contributed by atoms with Crippen LogP contribution in [0.2, 0.25) is 0 Å². The first kappa shape index (κ1) is 9.13. The van der Waals surface area contributed by atoms with Crippen LogP contribution >= 0.6 is 15.9 Å². The highest BCUT2D eigenvalue weighted by Crippen LogP contribution is 2.31. The molecule has 0 saturated heterocycles. The fourth-order valence-corrected chi connectivity index (χ4v) is 1.32. The monoisotopic (exact) mass is 227 g/mol. The predicted octanol–water partition coefficient (Wildman–Crippen LogP) is 2.68. The molecule has 0 aliphatic carbocycles. The smallest absolute Gasteiger partial charge is 0.128 e. The molecule has 1 rings (SSSR count). The summed E-state index contributed by atoms with van der Waals surface area (Å²) in [6.45, 7) is 3.66. The number of halogens is 1. The summed E-state index contributed by atoms with van der Waals surface area (Å²) in [5.74, 6) is 0.741. The first-order valence-corrected chi connectivity index (χ1v) is 4.24. The van der Waals surface area contributed by atoms with Crippen LogP contribution in [0.4, 0.5) is 5.69 Å². The molecule has 0 radical (unpaired) electrons. The van der Waals surface area contributed by atoms with Crippen LogP contribution in [0.5, 0.6) is 5.75 Å². The fraction of sp³-hybridized carbons (Fsp3) is 0.111. The minimum Gasteiger partial charge on any atom is -0.496 e. The second kappa shape index (κ2) is 3.63. The van der Waals surface area contributed by atoms with Gasteiger partial charge in [0.1, 0.15) is 5.75 Å². The first-order chi connectivity index (χ1) is 5.70. The number of hydrogen-bond acceptors (Lipinski definition) is 2. The molecule has 1 aromatic carbocycles. The maximum Gasteiger partial charge on any atom is 0.128 e. The van der Waals surface area contributed by atoms with E-state index in [1.165, 1.54) is 0 Å². The summed E-state index contributed by atoms with van der Waals surface area (Å²) in [5, 5.41) is 0. The number of hydrogen-bond donors (Lipinski definition) is 1. The molecule has 0 atom stereocenters. The normalized spacial score (nSPS) is 9.50. The van der Waals surface area contributed by atoms with Crippen LogP contribution in [0.25, 0.3) is 6.08 Å². The van der Waals surface area contributed by atoms with E-state index >= 15 is 0 Å². The van der Waals surface area contributed by atoms with Crippen molar-refractivity contribution in [2.45, 2.75) is 0 Å². The van der Waals surface area contributed by atoms with Crippen LogP contribution in [-0.2, 0) is 0 Å². The van der Waals surface area contributed by atoms with E-state index in [0.29, 0.717) is 5.69 Å². The van der Waals surface area contributed by atoms with Gasteiger partial charge in [-0.1, -0.05) is 12.7 Å². The molecule has 0 aliphatic rings. The van der Waals surface area contributed by atoms with Gasteiger partial charge in [-0.3, -0.25) is 0 Å². The Morgan fingerprint density at radius 3 is 2.75 bits per heavy atom. The molecular formula is C9H10BrNO. The lowest BCUT2D eigenvalue weighted by molar-refractivity contribution is 0.414. The lowest BCUT2D eigenvalue weighted by Crippen LogP contribution is -1.94. The van der Waals surface area contributed by atoms with Gasteiger partial charge >= 0.3 is 0 Å². The van der Waals surface area contributed by atoms with Crippen molar-refractivity contribution >= 4 is 27.7 Å². The molecule has 0 bridgehead atoms. The van der Waals surface area contributed by atoms with Crippen molar-refractivity contribution in [3.8, 4) is 5.75 Å². The van der Waals surface area contributed by atoms with E-state index < -0.39 is 0 Å². The third-order valence-electron chi connectivity index (χ3n) is 1.62. The number of methoxy groups -OCH3 is 1. The summed E-state index contributed by atoms with van der Waals surface area (Å²) in [6, 6.07) is 3.69. The van der Waals surface area contributed by atoms with Gasteiger partial charge < -0.3 is 10.5 Å². The van der Waals surface area contributed by atoms with Crippen LogP contribution in [0.1, 0.15) is 5.56 Å². The van der Waals surface area contributed by atoms with Gasteiger partial charge in [-0.25, -0.2) is 0 Å². The van der Waals surface area contributed by atoms with Crippen molar-refractivity contribution < 1.29 is 4.74 Å². The molecule has 3 heteroatoms. The standard InChI is InChI=1S/C9H10BrNO/c1-3-6-8(12-2)5-4-7(10)9(6)11/h3-5H,1,11H2,2H3. The van der Waals surface area contributed by atoms with Crippen molar-refractivity contribution in [1.82, 2.24) is 0 Å². The zero-order chi connectivity index (χ0) is 9.14. The minimum atomic E-state index is 0.657.